The summed E-state index contributed by atoms with van der Waals surface area (Å²) >= 11 is 0. The van der Waals surface area contributed by atoms with Gasteiger partial charge in [0.05, 0.1) is 5.25 Å². The van der Waals surface area contributed by atoms with Crippen LogP contribution in [0.3, 0.4) is 0 Å². The molecule has 0 bridgehead atoms. The lowest BCUT2D eigenvalue weighted by molar-refractivity contribution is -0.141. The highest BCUT2D eigenvalue weighted by atomic mass is 32.2. The molecule has 1 aliphatic carbocycles. The maximum Gasteiger partial charge on any atom is 0.323 e. The maximum absolute atomic E-state index is 12.5. The van der Waals surface area contributed by atoms with Crippen LogP contribution in [0.25, 0.3) is 0 Å². The average molecular weight is 276 g/mol. The molecule has 0 aromatic carbocycles. The molecule has 2 N–H and O–H groups in total. The third-order valence-corrected chi connectivity index (χ3v) is 6.18. The van der Waals surface area contributed by atoms with Gasteiger partial charge in [-0.25, -0.2) is 8.42 Å². The highest BCUT2D eigenvalue weighted by molar-refractivity contribution is 7.89. The van der Waals surface area contributed by atoms with E-state index in [2.05, 4.69) is 5.32 Å². The smallest absolute Gasteiger partial charge is 0.323 e. The van der Waals surface area contributed by atoms with Crippen LogP contribution in [0.1, 0.15) is 32.1 Å². The SMILES string of the molecule is O=C(O)C1CNCCN1S(=O)(=O)C1CCCCC1. The van der Waals surface area contributed by atoms with E-state index in [-0.39, 0.29) is 18.3 Å². The van der Waals surface area contributed by atoms with E-state index in [1.54, 1.807) is 0 Å². The van der Waals surface area contributed by atoms with E-state index >= 15 is 0 Å². The van der Waals surface area contributed by atoms with Gasteiger partial charge >= 0.3 is 5.97 Å². The molecule has 104 valence electrons. The van der Waals surface area contributed by atoms with Gasteiger partial charge in [0.1, 0.15) is 6.04 Å². The molecule has 1 heterocycles. The molecule has 18 heavy (non-hydrogen) atoms. The predicted molar refractivity (Wildman–Crippen MR) is 66.8 cm³/mol. The Balaban J connectivity index is 2.18. The number of hydrogen-bond donors (Lipinski definition) is 2. The van der Waals surface area contributed by atoms with Crippen molar-refractivity contribution in [1.29, 1.82) is 0 Å². The number of piperazine rings is 1. The summed E-state index contributed by atoms with van der Waals surface area (Å²) in [6.45, 7) is 0.979. The number of aliphatic carboxylic acids is 1. The second-order valence-corrected chi connectivity index (χ2v) is 7.14. The zero-order chi connectivity index (χ0) is 13.2. The van der Waals surface area contributed by atoms with Crippen LogP contribution >= 0.6 is 0 Å². The van der Waals surface area contributed by atoms with Crippen LogP contribution in [-0.2, 0) is 14.8 Å². The van der Waals surface area contributed by atoms with E-state index < -0.39 is 22.0 Å². The van der Waals surface area contributed by atoms with Crippen LogP contribution < -0.4 is 5.32 Å². The van der Waals surface area contributed by atoms with Crippen molar-refractivity contribution in [2.45, 2.75) is 43.4 Å². The first kappa shape index (κ1) is 13.8. The summed E-state index contributed by atoms with van der Waals surface area (Å²) in [6, 6.07) is -0.953. The van der Waals surface area contributed by atoms with Crippen molar-refractivity contribution in [3.05, 3.63) is 0 Å². The van der Waals surface area contributed by atoms with E-state index in [0.29, 0.717) is 19.4 Å². The Morgan fingerprint density at radius 1 is 1.22 bits per heavy atom. The normalized spacial score (nSPS) is 28.1. The number of nitrogens with one attached hydrogen (secondary N) is 1. The number of sulfonamides is 1. The first-order valence-corrected chi connectivity index (χ1v) is 7.98. The minimum atomic E-state index is -3.47. The zero-order valence-corrected chi connectivity index (χ0v) is 11.2. The quantitative estimate of drug-likeness (QED) is 0.758. The fraction of sp³-hybridized carbons (Fsp3) is 0.909. The second-order valence-electron chi connectivity index (χ2n) is 4.97. The summed E-state index contributed by atoms with van der Waals surface area (Å²) < 4.78 is 26.2. The first-order chi connectivity index (χ1) is 8.53. The van der Waals surface area contributed by atoms with Crippen LogP contribution in [0.2, 0.25) is 0 Å². The topological polar surface area (TPSA) is 86.7 Å². The van der Waals surface area contributed by atoms with Gasteiger partial charge in [-0.2, -0.15) is 4.31 Å². The van der Waals surface area contributed by atoms with E-state index in [0.717, 1.165) is 19.3 Å². The lowest BCUT2D eigenvalue weighted by Gasteiger charge is -2.36. The third kappa shape index (κ3) is 2.67. The minimum absolute atomic E-state index is 0.196. The zero-order valence-electron chi connectivity index (χ0n) is 10.3. The number of rotatable bonds is 3. The molecule has 1 unspecified atom stereocenters. The summed E-state index contributed by atoms with van der Waals surface area (Å²) in [5, 5.41) is 11.7. The molecule has 0 spiro atoms. The molecule has 2 fully saturated rings. The number of carbonyl (C=O) groups is 1. The van der Waals surface area contributed by atoms with Gasteiger partial charge in [0, 0.05) is 19.6 Å². The second kappa shape index (κ2) is 5.54. The van der Waals surface area contributed by atoms with Crippen LogP contribution in [0.4, 0.5) is 0 Å². The maximum atomic E-state index is 12.5. The lowest BCUT2D eigenvalue weighted by Crippen LogP contribution is -2.58. The van der Waals surface area contributed by atoms with Crippen molar-refractivity contribution in [2.24, 2.45) is 0 Å². The third-order valence-electron chi connectivity index (χ3n) is 3.78. The summed E-state index contributed by atoms with van der Waals surface area (Å²) in [4.78, 5) is 11.1. The molecule has 1 saturated heterocycles. The molecule has 0 amide bonds. The Bertz CT molecular complexity index is 403. The van der Waals surface area contributed by atoms with Gasteiger partial charge in [-0.3, -0.25) is 4.79 Å². The predicted octanol–water partition coefficient (Wildman–Crippen LogP) is 0.00730. The highest BCUT2D eigenvalue weighted by Crippen LogP contribution is 2.27. The first-order valence-electron chi connectivity index (χ1n) is 6.47. The fourth-order valence-corrected chi connectivity index (χ4v) is 4.93. The van der Waals surface area contributed by atoms with Gasteiger partial charge in [0.2, 0.25) is 10.0 Å². The molecule has 2 rings (SSSR count). The fourth-order valence-electron chi connectivity index (χ4n) is 2.76. The highest BCUT2D eigenvalue weighted by Gasteiger charge is 2.41. The van der Waals surface area contributed by atoms with Crippen LogP contribution in [0, 0.1) is 0 Å². The minimum Gasteiger partial charge on any atom is -0.480 e. The number of carboxylic acid groups (broad SMARTS) is 1. The summed E-state index contributed by atoms with van der Waals surface area (Å²) in [6.07, 6.45) is 4.26. The van der Waals surface area contributed by atoms with Crippen molar-refractivity contribution < 1.29 is 18.3 Å². The van der Waals surface area contributed by atoms with Crippen molar-refractivity contribution >= 4 is 16.0 Å². The van der Waals surface area contributed by atoms with Gasteiger partial charge in [-0.05, 0) is 12.8 Å². The van der Waals surface area contributed by atoms with E-state index in [1.807, 2.05) is 0 Å². The molecular formula is C11H20N2O4S. The lowest BCUT2D eigenvalue weighted by atomic mass is 10.0. The van der Waals surface area contributed by atoms with Gasteiger partial charge in [0.15, 0.2) is 0 Å². The van der Waals surface area contributed by atoms with Crippen molar-refractivity contribution in [3.63, 3.8) is 0 Å². The average Bonchev–Trinajstić information content (AvgIpc) is 2.39. The Morgan fingerprint density at radius 2 is 1.89 bits per heavy atom. The van der Waals surface area contributed by atoms with Crippen molar-refractivity contribution in [1.82, 2.24) is 9.62 Å². The van der Waals surface area contributed by atoms with Crippen LogP contribution in [0.15, 0.2) is 0 Å². The number of nitrogens with zero attached hydrogens (tertiary/aromatic N) is 1. The number of carboxylic acids is 1. The molecule has 2 aliphatic rings. The van der Waals surface area contributed by atoms with Crippen molar-refractivity contribution in [3.8, 4) is 0 Å². The standard InChI is InChI=1S/C11H20N2O4S/c14-11(15)10-8-12-6-7-13(10)18(16,17)9-4-2-1-3-5-9/h9-10,12H,1-8H2,(H,14,15). The number of hydrogen-bond acceptors (Lipinski definition) is 4. The molecule has 0 radical (unpaired) electrons. The van der Waals surface area contributed by atoms with Crippen LogP contribution in [-0.4, -0.2) is 54.7 Å². The van der Waals surface area contributed by atoms with E-state index in [9.17, 15) is 13.2 Å². The van der Waals surface area contributed by atoms with E-state index in [1.165, 1.54) is 4.31 Å². The Morgan fingerprint density at radius 3 is 2.50 bits per heavy atom. The van der Waals surface area contributed by atoms with Gasteiger partial charge in [0.25, 0.3) is 0 Å². The summed E-state index contributed by atoms with van der Waals surface area (Å²) in [5.74, 6) is -1.07. The molecule has 6 nitrogen and oxygen atoms in total. The molecule has 7 heteroatoms. The molecule has 0 aromatic rings. The summed E-state index contributed by atoms with van der Waals surface area (Å²) in [5.41, 5.74) is 0. The summed E-state index contributed by atoms with van der Waals surface area (Å²) in [7, 11) is -3.47. The molecule has 0 aromatic heterocycles. The van der Waals surface area contributed by atoms with E-state index in [4.69, 9.17) is 5.11 Å². The Hall–Kier alpha value is -0.660. The molecule has 1 atom stereocenters. The van der Waals surface area contributed by atoms with Gasteiger partial charge < -0.3 is 10.4 Å². The van der Waals surface area contributed by atoms with Gasteiger partial charge in [-0.1, -0.05) is 19.3 Å². The van der Waals surface area contributed by atoms with Gasteiger partial charge in [-0.15, -0.1) is 0 Å². The Labute approximate surface area is 107 Å². The van der Waals surface area contributed by atoms with Crippen LogP contribution in [0.5, 0.6) is 0 Å². The Kier molecular flexibility index (Phi) is 4.24. The van der Waals surface area contributed by atoms with Crippen molar-refractivity contribution in [2.75, 3.05) is 19.6 Å². The molecular weight excluding hydrogens is 256 g/mol. The largest absolute Gasteiger partial charge is 0.480 e. The monoisotopic (exact) mass is 276 g/mol. The molecule has 1 saturated carbocycles. The molecule has 1 aliphatic heterocycles.